The number of hydrogen-bond donors (Lipinski definition) is 1. The summed E-state index contributed by atoms with van der Waals surface area (Å²) in [5.74, 6) is 0.159. The highest BCUT2D eigenvalue weighted by molar-refractivity contribution is 7.99. The molecule has 4 aromatic rings. The Balaban J connectivity index is 1.56. The number of thioether (sulfide) groups is 1. The molecule has 0 fully saturated rings. The second-order valence-electron chi connectivity index (χ2n) is 6.72. The molecule has 0 amide bonds. The van der Waals surface area contributed by atoms with E-state index in [4.69, 9.17) is 4.98 Å². The molecule has 0 atom stereocenters. The minimum atomic E-state index is -3.35. The number of fused-ring (bicyclic) bond motifs is 1. The van der Waals surface area contributed by atoms with Gasteiger partial charge in [-0.05, 0) is 48.5 Å². The van der Waals surface area contributed by atoms with Gasteiger partial charge in [0, 0.05) is 16.9 Å². The molecule has 0 unspecified atom stereocenters. The maximum Gasteiger partial charge on any atom is 0.229 e. The van der Waals surface area contributed by atoms with Crippen LogP contribution in [0.4, 0.5) is 5.69 Å². The predicted octanol–water partition coefficient (Wildman–Crippen LogP) is 4.37. The van der Waals surface area contributed by atoms with Crippen molar-refractivity contribution in [1.29, 1.82) is 0 Å². The third-order valence-corrected chi connectivity index (χ3v) is 5.93. The molecular weight excluding hydrogens is 418 g/mol. The molecule has 0 aliphatic heterocycles. The first kappa shape index (κ1) is 20.2. The highest BCUT2D eigenvalue weighted by Crippen LogP contribution is 2.28. The van der Waals surface area contributed by atoms with Crippen molar-refractivity contribution in [3.05, 3.63) is 84.4 Å². The summed E-state index contributed by atoms with van der Waals surface area (Å²) in [6.45, 7) is 0. The van der Waals surface area contributed by atoms with E-state index in [0.29, 0.717) is 11.3 Å². The topological polar surface area (TPSA) is 81.1 Å². The van der Waals surface area contributed by atoms with Crippen LogP contribution >= 0.6 is 11.8 Å². The van der Waals surface area contributed by atoms with Crippen LogP contribution < -0.4 is 4.72 Å². The molecule has 1 aromatic heterocycles. The number of nitrogens with one attached hydrogen (secondary N) is 1. The first-order valence-corrected chi connectivity index (χ1v) is 12.1. The SMILES string of the molecule is CS(=O)(=O)Nc1ccc(C(=O)CSc2nc3ccccc3n2-c2ccccc2)cc1. The molecule has 4 rings (SSSR count). The quantitative estimate of drug-likeness (QED) is 0.343. The summed E-state index contributed by atoms with van der Waals surface area (Å²) in [5.41, 5.74) is 3.77. The van der Waals surface area contributed by atoms with Crippen LogP contribution in [0, 0.1) is 0 Å². The Morgan fingerprint density at radius 2 is 1.63 bits per heavy atom. The number of ketones is 1. The normalized spacial score (nSPS) is 11.5. The molecule has 0 aliphatic carbocycles. The number of aromatic nitrogens is 2. The molecular formula is C22H19N3O3S2. The average Bonchev–Trinajstić information content (AvgIpc) is 3.10. The van der Waals surface area contributed by atoms with Crippen molar-refractivity contribution in [2.24, 2.45) is 0 Å². The number of sulfonamides is 1. The van der Waals surface area contributed by atoms with Gasteiger partial charge in [-0.3, -0.25) is 14.1 Å². The minimum absolute atomic E-state index is 0.0578. The number of rotatable bonds is 7. The van der Waals surface area contributed by atoms with E-state index in [2.05, 4.69) is 4.72 Å². The molecule has 3 aromatic carbocycles. The van der Waals surface area contributed by atoms with E-state index >= 15 is 0 Å². The van der Waals surface area contributed by atoms with Crippen molar-refractivity contribution in [1.82, 2.24) is 9.55 Å². The van der Waals surface area contributed by atoms with Crippen LogP contribution in [0.1, 0.15) is 10.4 Å². The third-order valence-electron chi connectivity index (χ3n) is 4.39. The van der Waals surface area contributed by atoms with Gasteiger partial charge in [0.2, 0.25) is 10.0 Å². The van der Waals surface area contributed by atoms with Gasteiger partial charge in [-0.25, -0.2) is 13.4 Å². The fraction of sp³-hybridized carbons (Fsp3) is 0.0909. The highest BCUT2D eigenvalue weighted by Gasteiger charge is 2.15. The fourth-order valence-electron chi connectivity index (χ4n) is 3.08. The van der Waals surface area contributed by atoms with E-state index in [9.17, 15) is 13.2 Å². The molecule has 0 saturated carbocycles. The van der Waals surface area contributed by atoms with Crippen molar-refractivity contribution in [2.45, 2.75) is 5.16 Å². The number of Topliss-reactive ketones (excluding diaryl/α,β-unsaturated/α-hetero) is 1. The van der Waals surface area contributed by atoms with Gasteiger partial charge in [-0.1, -0.05) is 42.1 Å². The van der Waals surface area contributed by atoms with E-state index in [1.807, 2.05) is 59.2 Å². The lowest BCUT2D eigenvalue weighted by Gasteiger charge is -2.09. The average molecular weight is 438 g/mol. The Morgan fingerprint density at radius 1 is 0.967 bits per heavy atom. The van der Waals surface area contributed by atoms with Gasteiger partial charge in [0.15, 0.2) is 10.9 Å². The Labute approximate surface area is 179 Å². The van der Waals surface area contributed by atoms with Gasteiger partial charge in [0.05, 0.1) is 23.0 Å². The monoisotopic (exact) mass is 437 g/mol. The fourth-order valence-corrected chi connectivity index (χ4v) is 4.57. The lowest BCUT2D eigenvalue weighted by Crippen LogP contribution is -2.10. The molecule has 0 radical (unpaired) electrons. The van der Waals surface area contributed by atoms with Crippen LogP contribution in [0.5, 0.6) is 0 Å². The Kier molecular flexibility index (Phi) is 5.61. The highest BCUT2D eigenvalue weighted by atomic mass is 32.2. The number of carbonyl (C=O) groups is 1. The number of hydrogen-bond acceptors (Lipinski definition) is 5. The van der Waals surface area contributed by atoms with Crippen LogP contribution in [0.2, 0.25) is 0 Å². The smallest absolute Gasteiger partial charge is 0.229 e. The molecule has 1 heterocycles. The number of anilines is 1. The van der Waals surface area contributed by atoms with Crippen LogP contribution in [0.15, 0.2) is 84.0 Å². The summed E-state index contributed by atoms with van der Waals surface area (Å²) in [5, 5.41) is 0.742. The standard InChI is InChI=1S/C22H19N3O3S2/c1-30(27,28)24-17-13-11-16(12-14-17)21(26)15-29-22-23-19-9-5-6-10-20(19)25(22)18-7-3-2-4-8-18/h2-14,24H,15H2,1H3. The second-order valence-corrected chi connectivity index (χ2v) is 9.41. The summed E-state index contributed by atoms with van der Waals surface area (Å²) in [6.07, 6.45) is 1.08. The van der Waals surface area contributed by atoms with Crippen LogP contribution in [0.25, 0.3) is 16.7 Å². The lowest BCUT2D eigenvalue weighted by atomic mass is 10.1. The molecule has 1 N–H and O–H groups in total. The zero-order valence-corrected chi connectivity index (χ0v) is 17.8. The summed E-state index contributed by atoms with van der Waals surface area (Å²) in [4.78, 5) is 17.4. The van der Waals surface area contributed by atoms with Crippen molar-refractivity contribution in [3.63, 3.8) is 0 Å². The van der Waals surface area contributed by atoms with E-state index in [1.54, 1.807) is 24.3 Å². The number of imidazole rings is 1. The first-order chi connectivity index (χ1) is 14.4. The number of carbonyl (C=O) groups excluding carboxylic acids is 1. The predicted molar refractivity (Wildman–Crippen MR) is 121 cm³/mol. The van der Waals surface area contributed by atoms with Crippen LogP contribution in [0.3, 0.4) is 0 Å². The molecule has 0 spiro atoms. The molecule has 0 saturated heterocycles. The largest absolute Gasteiger partial charge is 0.293 e. The maximum absolute atomic E-state index is 12.7. The van der Waals surface area contributed by atoms with Gasteiger partial charge >= 0.3 is 0 Å². The molecule has 30 heavy (non-hydrogen) atoms. The minimum Gasteiger partial charge on any atom is -0.293 e. The maximum atomic E-state index is 12.7. The first-order valence-electron chi connectivity index (χ1n) is 9.17. The number of para-hydroxylation sites is 3. The summed E-state index contributed by atoms with van der Waals surface area (Å²) in [6, 6.07) is 24.2. The Bertz CT molecular complexity index is 1300. The van der Waals surface area contributed by atoms with Gasteiger partial charge in [0.25, 0.3) is 0 Å². The van der Waals surface area contributed by atoms with Gasteiger partial charge in [0.1, 0.15) is 0 Å². The molecule has 0 bridgehead atoms. The molecule has 0 aliphatic rings. The zero-order chi connectivity index (χ0) is 21.1. The molecule has 8 heteroatoms. The number of nitrogens with zero attached hydrogens (tertiary/aromatic N) is 2. The second kappa shape index (κ2) is 8.33. The Hall–Kier alpha value is -3.10. The van der Waals surface area contributed by atoms with Crippen LogP contribution in [-0.4, -0.2) is 35.8 Å². The van der Waals surface area contributed by atoms with E-state index in [0.717, 1.165) is 28.1 Å². The molecule has 6 nitrogen and oxygen atoms in total. The van der Waals surface area contributed by atoms with Gasteiger partial charge < -0.3 is 0 Å². The Morgan fingerprint density at radius 3 is 2.33 bits per heavy atom. The van der Waals surface area contributed by atoms with E-state index < -0.39 is 10.0 Å². The number of benzene rings is 3. The van der Waals surface area contributed by atoms with Crippen molar-refractivity contribution in [3.8, 4) is 5.69 Å². The summed E-state index contributed by atoms with van der Waals surface area (Å²) < 4.78 is 27.1. The summed E-state index contributed by atoms with van der Waals surface area (Å²) >= 11 is 1.38. The van der Waals surface area contributed by atoms with Crippen molar-refractivity contribution in [2.75, 3.05) is 16.7 Å². The van der Waals surface area contributed by atoms with Gasteiger partial charge in [-0.2, -0.15) is 0 Å². The zero-order valence-electron chi connectivity index (χ0n) is 16.1. The van der Waals surface area contributed by atoms with E-state index in [-0.39, 0.29) is 11.5 Å². The van der Waals surface area contributed by atoms with Crippen molar-refractivity contribution >= 4 is 44.3 Å². The lowest BCUT2D eigenvalue weighted by molar-refractivity contribution is 0.102. The van der Waals surface area contributed by atoms with E-state index in [1.165, 1.54) is 11.8 Å². The van der Waals surface area contributed by atoms with Crippen molar-refractivity contribution < 1.29 is 13.2 Å². The summed E-state index contributed by atoms with van der Waals surface area (Å²) in [7, 11) is -3.35. The molecule has 152 valence electrons. The van der Waals surface area contributed by atoms with Crippen LogP contribution in [-0.2, 0) is 10.0 Å². The van der Waals surface area contributed by atoms with Gasteiger partial charge in [-0.15, -0.1) is 0 Å². The third kappa shape index (κ3) is 4.55.